The lowest BCUT2D eigenvalue weighted by Gasteiger charge is -2.02. The molecule has 0 aliphatic heterocycles. The van der Waals surface area contributed by atoms with Crippen LogP contribution < -0.4 is 0 Å². The summed E-state index contributed by atoms with van der Waals surface area (Å²) in [6, 6.07) is 0.469. The molecule has 0 fully saturated rings. The van der Waals surface area contributed by atoms with E-state index < -0.39 is 0 Å². The zero-order valence-corrected chi connectivity index (χ0v) is 9.06. The lowest BCUT2D eigenvalue weighted by Crippen LogP contribution is -1.98. The predicted molar refractivity (Wildman–Crippen MR) is 57.0 cm³/mol. The smallest absolute Gasteiger partial charge is 0.0442 e. The lowest BCUT2D eigenvalue weighted by atomic mass is 10.1. The van der Waals surface area contributed by atoms with Crippen molar-refractivity contribution in [3.63, 3.8) is 0 Å². The predicted octanol–water partition coefficient (Wildman–Crippen LogP) is 3.83. The van der Waals surface area contributed by atoms with E-state index in [4.69, 9.17) is 0 Å². The molecule has 0 saturated heterocycles. The first-order valence-corrected chi connectivity index (χ1v) is 5.20. The van der Waals surface area contributed by atoms with Crippen molar-refractivity contribution in [3.05, 3.63) is 0 Å². The summed E-state index contributed by atoms with van der Waals surface area (Å²) in [5, 5.41) is 0. The molecule has 0 aliphatic rings. The Bertz CT molecular complexity index is 125. The molecule has 12 heavy (non-hydrogen) atoms. The Morgan fingerprint density at radius 3 is 2.33 bits per heavy atom. The van der Waals surface area contributed by atoms with Crippen LogP contribution in [0.1, 0.15) is 59.8 Å². The molecule has 0 amide bonds. The molecule has 0 unspecified atom stereocenters. The van der Waals surface area contributed by atoms with E-state index in [-0.39, 0.29) is 0 Å². The number of rotatable bonds is 6. The highest BCUT2D eigenvalue weighted by Gasteiger charge is 1.93. The molecule has 0 saturated carbocycles. The highest BCUT2D eigenvalue weighted by atomic mass is 14.8. The van der Waals surface area contributed by atoms with Gasteiger partial charge in [0.05, 0.1) is 0 Å². The molecule has 1 nitrogen and oxygen atoms in total. The molecule has 0 aliphatic carbocycles. The first kappa shape index (κ1) is 11.7. The van der Waals surface area contributed by atoms with Crippen molar-refractivity contribution in [2.24, 2.45) is 4.99 Å². The third kappa shape index (κ3) is 7.77. The fourth-order valence-electron chi connectivity index (χ4n) is 1.31. The van der Waals surface area contributed by atoms with Crippen molar-refractivity contribution in [2.45, 2.75) is 65.8 Å². The lowest BCUT2D eigenvalue weighted by molar-refractivity contribution is 0.679. The third-order valence-corrected chi connectivity index (χ3v) is 1.87. The van der Waals surface area contributed by atoms with Gasteiger partial charge in [0.25, 0.3) is 0 Å². The van der Waals surface area contributed by atoms with Crippen molar-refractivity contribution in [2.75, 3.05) is 0 Å². The summed E-state index contributed by atoms with van der Waals surface area (Å²) in [5.41, 5.74) is 1.32. The second-order valence-corrected chi connectivity index (χ2v) is 3.77. The molecule has 0 spiro atoms. The summed E-state index contributed by atoms with van der Waals surface area (Å²) >= 11 is 0. The molecule has 0 aromatic heterocycles. The highest BCUT2D eigenvalue weighted by Crippen LogP contribution is 2.04. The van der Waals surface area contributed by atoms with Crippen LogP contribution in [0.15, 0.2) is 4.99 Å². The molecular formula is C11H23N. The zero-order chi connectivity index (χ0) is 9.40. The Kier molecular flexibility index (Phi) is 7.12. The van der Waals surface area contributed by atoms with Crippen molar-refractivity contribution >= 4 is 5.71 Å². The average molecular weight is 169 g/mol. The molecule has 0 N–H and O–H groups in total. The molecule has 72 valence electrons. The first-order chi connectivity index (χ1) is 5.66. The van der Waals surface area contributed by atoms with Crippen LogP contribution in [0.2, 0.25) is 0 Å². The van der Waals surface area contributed by atoms with E-state index >= 15 is 0 Å². The van der Waals surface area contributed by atoms with Crippen LogP contribution in [0.25, 0.3) is 0 Å². The van der Waals surface area contributed by atoms with Crippen LogP contribution in [-0.4, -0.2) is 11.8 Å². The van der Waals surface area contributed by atoms with Gasteiger partial charge in [-0.2, -0.15) is 0 Å². The van der Waals surface area contributed by atoms with E-state index in [1.54, 1.807) is 0 Å². The SMILES string of the molecule is CCCCCCC(C)=NC(C)C. The molecule has 0 rings (SSSR count). The van der Waals surface area contributed by atoms with Gasteiger partial charge in [0.1, 0.15) is 0 Å². The van der Waals surface area contributed by atoms with Gasteiger partial charge in [-0.25, -0.2) is 0 Å². The molecule has 0 heterocycles. The van der Waals surface area contributed by atoms with Crippen molar-refractivity contribution in [1.82, 2.24) is 0 Å². The van der Waals surface area contributed by atoms with E-state index in [0.29, 0.717) is 6.04 Å². The molecule has 1 heteroatoms. The largest absolute Gasteiger partial charge is 0.292 e. The number of unbranched alkanes of at least 4 members (excludes halogenated alkanes) is 3. The molecular weight excluding hydrogens is 146 g/mol. The maximum absolute atomic E-state index is 4.49. The summed E-state index contributed by atoms with van der Waals surface area (Å²) in [6.45, 7) is 8.66. The summed E-state index contributed by atoms with van der Waals surface area (Å²) in [5.74, 6) is 0. The third-order valence-electron chi connectivity index (χ3n) is 1.87. The Hall–Kier alpha value is -0.330. The molecule has 0 atom stereocenters. The average Bonchev–Trinajstić information content (AvgIpc) is 1.97. The Morgan fingerprint density at radius 2 is 1.83 bits per heavy atom. The van der Waals surface area contributed by atoms with Crippen LogP contribution in [0.4, 0.5) is 0 Å². The summed E-state index contributed by atoms with van der Waals surface area (Å²) in [6.07, 6.45) is 6.56. The van der Waals surface area contributed by atoms with Gasteiger partial charge in [0.15, 0.2) is 0 Å². The maximum atomic E-state index is 4.49. The van der Waals surface area contributed by atoms with Gasteiger partial charge < -0.3 is 0 Å². The first-order valence-electron chi connectivity index (χ1n) is 5.20. The minimum absolute atomic E-state index is 0.469. The fraction of sp³-hybridized carbons (Fsp3) is 0.909. The van der Waals surface area contributed by atoms with E-state index in [2.05, 4.69) is 32.7 Å². The molecule has 0 bridgehead atoms. The van der Waals surface area contributed by atoms with Crippen molar-refractivity contribution in [1.29, 1.82) is 0 Å². The Morgan fingerprint density at radius 1 is 1.17 bits per heavy atom. The minimum atomic E-state index is 0.469. The topological polar surface area (TPSA) is 12.4 Å². The Balaban J connectivity index is 3.37. The molecule has 0 aromatic carbocycles. The second-order valence-electron chi connectivity index (χ2n) is 3.77. The van der Waals surface area contributed by atoms with Crippen LogP contribution in [0.3, 0.4) is 0 Å². The second kappa shape index (κ2) is 7.33. The van der Waals surface area contributed by atoms with E-state index in [0.717, 1.165) is 0 Å². The van der Waals surface area contributed by atoms with Gasteiger partial charge >= 0.3 is 0 Å². The summed E-state index contributed by atoms with van der Waals surface area (Å²) in [7, 11) is 0. The number of hydrogen-bond acceptors (Lipinski definition) is 1. The van der Waals surface area contributed by atoms with Crippen LogP contribution in [0.5, 0.6) is 0 Å². The van der Waals surface area contributed by atoms with E-state index in [1.807, 2.05) is 0 Å². The highest BCUT2D eigenvalue weighted by molar-refractivity contribution is 5.81. The zero-order valence-electron chi connectivity index (χ0n) is 9.06. The number of aliphatic imine (C=N–C) groups is 1. The quantitative estimate of drug-likeness (QED) is 0.423. The monoisotopic (exact) mass is 169 g/mol. The van der Waals surface area contributed by atoms with Gasteiger partial charge in [-0.3, -0.25) is 4.99 Å². The molecule has 0 radical (unpaired) electrons. The Labute approximate surface area is 77.3 Å². The van der Waals surface area contributed by atoms with Gasteiger partial charge in [0, 0.05) is 11.8 Å². The van der Waals surface area contributed by atoms with E-state index in [1.165, 1.54) is 37.8 Å². The normalized spacial score (nSPS) is 12.6. The van der Waals surface area contributed by atoms with Gasteiger partial charge in [-0.1, -0.05) is 26.2 Å². The number of hydrogen-bond donors (Lipinski definition) is 0. The fourth-order valence-corrected chi connectivity index (χ4v) is 1.31. The van der Waals surface area contributed by atoms with Crippen LogP contribution in [0, 0.1) is 0 Å². The van der Waals surface area contributed by atoms with Gasteiger partial charge in [-0.15, -0.1) is 0 Å². The molecule has 0 aromatic rings. The maximum Gasteiger partial charge on any atom is 0.0442 e. The van der Waals surface area contributed by atoms with Crippen molar-refractivity contribution in [3.8, 4) is 0 Å². The minimum Gasteiger partial charge on any atom is -0.292 e. The van der Waals surface area contributed by atoms with Gasteiger partial charge in [0.2, 0.25) is 0 Å². The van der Waals surface area contributed by atoms with Crippen LogP contribution in [-0.2, 0) is 0 Å². The summed E-state index contributed by atoms with van der Waals surface area (Å²) in [4.78, 5) is 4.49. The standard InChI is InChI=1S/C11H23N/c1-5-6-7-8-9-11(4)12-10(2)3/h10H,5-9H2,1-4H3. The summed E-state index contributed by atoms with van der Waals surface area (Å²) < 4.78 is 0. The number of nitrogens with zero attached hydrogens (tertiary/aromatic N) is 1. The van der Waals surface area contributed by atoms with Gasteiger partial charge in [-0.05, 0) is 33.6 Å². The van der Waals surface area contributed by atoms with Crippen LogP contribution >= 0.6 is 0 Å². The van der Waals surface area contributed by atoms with E-state index in [9.17, 15) is 0 Å². The van der Waals surface area contributed by atoms with Crippen molar-refractivity contribution < 1.29 is 0 Å².